The summed E-state index contributed by atoms with van der Waals surface area (Å²) in [7, 11) is 0. The van der Waals surface area contributed by atoms with Crippen molar-refractivity contribution in [3.63, 3.8) is 0 Å². The molecule has 0 spiro atoms. The number of anilines is 1. The molecule has 308 valence electrons. The SMILES string of the molecule is CC(C)c1ccc(N)cc1.CC(C)c1ccc(N=CN=CN)cc1.CC(C)c1cccc(-n2nccn2)c1.Cc1cc(C(C)C)ccc1C(=O)N1CCC1.N=CC=N. The van der Waals surface area contributed by atoms with Gasteiger partial charge >= 0.3 is 0 Å². The summed E-state index contributed by atoms with van der Waals surface area (Å²) in [6.07, 6.45) is 9.00. The van der Waals surface area contributed by atoms with E-state index in [2.05, 4.69) is 124 Å². The Morgan fingerprint density at radius 2 is 1.21 bits per heavy atom. The van der Waals surface area contributed by atoms with Gasteiger partial charge in [-0.3, -0.25) is 4.79 Å². The molecule has 1 fully saturated rings. The van der Waals surface area contributed by atoms with Gasteiger partial charge in [-0.05, 0) is 107 Å². The first kappa shape index (κ1) is 47.9. The number of nitrogens with zero attached hydrogens (tertiary/aromatic N) is 6. The maximum atomic E-state index is 12.1. The molecule has 4 aromatic carbocycles. The van der Waals surface area contributed by atoms with Crippen LogP contribution < -0.4 is 11.5 Å². The first-order valence-corrected chi connectivity index (χ1v) is 19.8. The maximum absolute atomic E-state index is 12.1. The van der Waals surface area contributed by atoms with Gasteiger partial charge in [0.25, 0.3) is 5.91 Å². The zero-order chi connectivity index (χ0) is 43.0. The highest BCUT2D eigenvalue weighted by Gasteiger charge is 2.22. The fourth-order valence-corrected chi connectivity index (χ4v) is 5.30. The Morgan fingerprint density at radius 3 is 1.66 bits per heavy atom. The molecule has 0 aliphatic carbocycles. The van der Waals surface area contributed by atoms with Crippen LogP contribution in [0, 0.1) is 17.7 Å². The summed E-state index contributed by atoms with van der Waals surface area (Å²) in [6, 6.07) is 30.6. The number of nitrogens with two attached hydrogens (primary N) is 2. The van der Waals surface area contributed by atoms with Crippen LogP contribution in [0.1, 0.15) is 124 Å². The zero-order valence-electron chi connectivity index (χ0n) is 35.8. The quantitative estimate of drug-likeness (QED) is 0.0660. The molecule has 6 rings (SSSR count). The van der Waals surface area contributed by atoms with Crippen molar-refractivity contribution in [2.45, 2.75) is 92.4 Å². The average Bonchev–Trinajstić information content (AvgIpc) is 3.74. The van der Waals surface area contributed by atoms with E-state index in [-0.39, 0.29) is 5.91 Å². The first-order valence-electron chi connectivity index (χ1n) is 19.8. The largest absolute Gasteiger partial charge is 0.399 e. The molecule has 11 heteroatoms. The molecule has 5 aromatic rings. The third-order valence-electron chi connectivity index (χ3n) is 9.08. The molecule has 1 amide bonds. The molecule has 0 bridgehead atoms. The second-order valence-electron chi connectivity index (χ2n) is 14.9. The molecule has 1 aromatic heterocycles. The summed E-state index contributed by atoms with van der Waals surface area (Å²) in [5.74, 6) is 2.40. The third kappa shape index (κ3) is 16.9. The van der Waals surface area contributed by atoms with Gasteiger partial charge in [-0.25, -0.2) is 9.98 Å². The molecule has 1 aliphatic heterocycles. The Hall–Kier alpha value is -6.23. The predicted octanol–water partition coefficient (Wildman–Crippen LogP) is 10.5. The number of nitrogen functional groups attached to an aromatic ring is 1. The fraction of sp³-hybridized carbons (Fsp3) is 0.340. The number of amides is 1. The van der Waals surface area contributed by atoms with E-state index >= 15 is 0 Å². The number of aliphatic imine (C=N–C) groups is 2. The highest BCUT2D eigenvalue weighted by atomic mass is 16.2. The number of aryl methyl sites for hydroxylation is 1. The topological polar surface area (TPSA) is 175 Å². The highest BCUT2D eigenvalue weighted by molar-refractivity contribution is 6.12. The van der Waals surface area contributed by atoms with Crippen LogP contribution in [0.15, 0.2) is 113 Å². The van der Waals surface area contributed by atoms with Crippen molar-refractivity contribution in [3.05, 3.63) is 137 Å². The van der Waals surface area contributed by atoms with Crippen molar-refractivity contribution in [2.24, 2.45) is 15.7 Å². The van der Waals surface area contributed by atoms with E-state index in [0.717, 1.165) is 60.1 Å². The van der Waals surface area contributed by atoms with Gasteiger partial charge in [0.2, 0.25) is 0 Å². The number of benzene rings is 4. The Bertz CT molecular complexity index is 1990. The predicted molar refractivity (Wildman–Crippen MR) is 245 cm³/mol. The number of nitrogens with one attached hydrogen (secondary N) is 2. The Morgan fingerprint density at radius 1 is 0.707 bits per heavy atom. The molecule has 58 heavy (non-hydrogen) atoms. The number of hydrogen-bond acceptors (Lipinski definition) is 7. The Kier molecular flexibility index (Phi) is 21.3. The van der Waals surface area contributed by atoms with Gasteiger partial charge in [0.1, 0.15) is 6.34 Å². The van der Waals surface area contributed by atoms with Crippen LogP contribution in [0.2, 0.25) is 0 Å². The molecule has 6 N–H and O–H groups in total. The standard InChI is InChI=1S/C14H19NO.C11H13N3.C11H15N3.C9H13N.C2H4N2/c1-10(2)12-5-6-13(11(3)9-12)14(16)15-7-4-8-15;1-9(2)10-4-3-5-11(8-10)14-12-6-7-13-14;1-9(2)10-3-5-11(6-4-10)14-8-13-7-12;1-7(2)8-3-5-9(10)6-4-8;3-1-2-4/h5-6,9-10H,4,7-8H2,1-3H3;3-9H,1-2H3;3-9H,1-2H3,(H2,12,13,14);3-7H,10H2,1-2H3;1-4H. The summed E-state index contributed by atoms with van der Waals surface area (Å²) in [5.41, 5.74) is 20.6. The molecule has 1 aliphatic rings. The minimum absolute atomic E-state index is 0.194. The third-order valence-corrected chi connectivity index (χ3v) is 9.08. The summed E-state index contributed by atoms with van der Waals surface area (Å²) in [6.45, 7) is 21.2. The maximum Gasteiger partial charge on any atom is 0.254 e. The smallest absolute Gasteiger partial charge is 0.254 e. The lowest BCUT2D eigenvalue weighted by molar-refractivity contribution is 0.0651. The van der Waals surface area contributed by atoms with Crippen LogP contribution in [-0.2, 0) is 0 Å². The molecular weight excluding hydrogens is 721 g/mol. The van der Waals surface area contributed by atoms with Gasteiger partial charge in [-0.15, -0.1) is 0 Å². The number of carbonyl (C=O) groups excluding carboxylic acids is 1. The summed E-state index contributed by atoms with van der Waals surface area (Å²) < 4.78 is 0. The van der Waals surface area contributed by atoms with E-state index in [0.29, 0.717) is 23.7 Å². The Balaban J connectivity index is 0.000000261. The second-order valence-corrected chi connectivity index (χ2v) is 14.9. The minimum atomic E-state index is 0.194. The lowest BCUT2D eigenvalue weighted by Gasteiger charge is -2.31. The molecular formula is C47H64N10O. The van der Waals surface area contributed by atoms with Gasteiger partial charge in [0, 0.05) is 36.8 Å². The molecule has 0 radical (unpaired) electrons. The monoisotopic (exact) mass is 785 g/mol. The van der Waals surface area contributed by atoms with Crippen molar-refractivity contribution < 1.29 is 4.79 Å². The van der Waals surface area contributed by atoms with Gasteiger partial charge in [0.15, 0.2) is 0 Å². The van der Waals surface area contributed by atoms with Crippen LogP contribution in [0.25, 0.3) is 5.69 Å². The van der Waals surface area contributed by atoms with Crippen molar-refractivity contribution in [3.8, 4) is 5.69 Å². The van der Waals surface area contributed by atoms with Crippen LogP contribution in [0.3, 0.4) is 0 Å². The number of rotatable bonds is 9. The fourth-order valence-electron chi connectivity index (χ4n) is 5.30. The lowest BCUT2D eigenvalue weighted by Crippen LogP contribution is -2.42. The molecule has 0 saturated carbocycles. The van der Waals surface area contributed by atoms with E-state index in [9.17, 15) is 4.79 Å². The van der Waals surface area contributed by atoms with E-state index < -0.39 is 0 Å². The van der Waals surface area contributed by atoms with Crippen molar-refractivity contribution in [1.29, 1.82) is 10.8 Å². The second kappa shape index (κ2) is 25.8. The number of hydrogen-bond donors (Lipinski definition) is 4. The van der Waals surface area contributed by atoms with E-state index in [1.165, 1.54) is 34.9 Å². The molecule has 1 saturated heterocycles. The normalized spacial score (nSPS) is 11.8. The molecule has 0 unspecified atom stereocenters. The van der Waals surface area contributed by atoms with Crippen LogP contribution in [-0.4, -0.2) is 64.0 Å². The van der Waals surface area contributed by atoms with Gasteiger partial charge in [-0.2, -0.15) is 15.0 Å². The van der Waals surface area contributed by atoms with E-state index in [1.807, 2.05) is 54.3 Å². The van der Waals surface area contributed by atoms with Crippen molar-refractivity contribution in [2.75, 3.05) is 18.8 Å². The lowest BCUT2D eigenvalue weighted by atomic mass is 9.97. The summed E-state index contributed by atoms with van der Waals surface area (Å²) in [4.78, 5) is 23.4. The van der Waals surface area contributed by atoms with Gasteiger partial charge < -0.3 is 27.2 Å². The first-order chi connectivity index (χ1) is 27.7. The van der Waals surface area contributed by atoms with Gasteiger partial charge in [-0.1, -0.05) is 104 Å². The number of aromatic nitrogens is 3. The highest BCUT2D eigenvalue weighted by Crippen LogP contribution is 2.22. The minimum Gasteiger partial charge on any atom is -0.399 e. The van der Waals surface area contributed by atoms with E-state index in [1.54, 1.807) is 17.2 Å². The zero-order valence-corrected chi connectivity index (χ0v) is 35.8. The van der Waals surface area contributed by atoms with Crippen LogP contribution in [0.4, 0.5) is 11.4 Å². The molecule has 2 heterocycles. The summed E-state index contributed by atoms with van der Waals surface area (Å²) in [5, 5.41) is 20.4. The van der Waals surface area contributed by atoms with Crippen LogP contribution >= 0.6 is 0 Å². The Labute approximate surface area is 346 Å². The van der Waals surface area contributed by atoms with Crippen molar-refractivity contribution >= 4 is 42.4 Å². The average molecular weight is 785 g/mol. The van der Waals surface area contributed by atoms with Crippen LogP contribution in [0.5, 0.6) is 0 Å². The van der Waals surface area contributed by atoms with Crippen molar-refractivity contribution in [1.82, 2.24) is 19.9 Å². The van der Waals surface area contributed by atoms with Gasteiger partial charge in [0.05, 0.1) is 30.1 Å². The number of carbonyl (C=O) groups is 1. The number of likely N-dealkylation sites (tertiary alicyclic amines) is 1. The van der Waals surface area contributed by atoms with E-state index in [4.69, 9.17) is 22.3 Å². The summed E-state index contributed by atoms with van der Waals surface area (Å²) >= 11 is 0. The molecule has 0 atom stereocenters. The molecule has 11 nitrogen and oxygen atoms in total.